The van der Waals surface area contributed by atoms with Crippen LogP contribution in [0.4, 0.5) is 0 Å². The fraction of sp³-hybridized carbons (Fsp3) is 0.882. The predicted molar refractivity (Wildman–Crippen MR) is 92.5 cm³/mol. The summed E-state index contributed by atoms with van der Waals surface area (Å²) in [4.78, 5) is 27.0. The number of nitrogens with one attached hydrogen (secondary N) is 2. The molecule has 2 N–H and O–H groups in total. The molecule has 1 aliphatic carbocycles. The third-order valence-electron chi connectivity index (χ3n) is 5.92. The molecule has 0 aromatic heterocycles. The number of hydrogen-bond acceptors (Lipinski definition) is 3. The number of rotatable bonds is 3. The van der Waals surface area contributed by atoms with E-state index in [2.05, 4.69) is 17.6 Å². The summed E-state index contributed by atoms with van der Waals surface area (Å²) < 4.78 is 0. The van der Waals surface area contributed by atoms with Gasteiger partial charge < -0.3 is 15.5 Å². The van der Waals surface area contributed by atoms with Gasteiger partial charge in [0.2, 0.25) is 11.8 Å². The van der Waals surface area contributed by atoms with Gasteiger partial charge in [0.1, 0.15) is 6.04 Å². The van der Waals surface area contributed by atoms with Crippen LogP contribution in [0.2, 0.25) is 0 Å². The summed E-state index contributed by atoms with van der Waals surface area (Å²) in [5.41, 5.74) is 0.233. The smallest absolute Gasteiger partial charge is 0.245 e. The Morgan fingerprint density at radius 1 is 1.26 bits per heavy atom. The van der Waals surface area contributed by atoms with E-state index in [4.69, 9.17) is 0 Å². The van der Waals surface area contributed by atoms with E-state index in [0.29, 0.717) is 6.04 Å². The molecule has 1 saturated carbocycles. The van der Waals surface area contributed by atoms with E-state index in [1.54, 1.807) is 0 Å². The number of carbonyl (C=O) groups is 2. The molecular weight excluding hydrogens is 314 g/mol. The largest absolute Gasteiger partial charge is 0.344 e. The minimum absolute atomic E-state index is 0. The molecule has 3 atom stereocenters. The normalized spacial score (nSPS) is 30.3. The van der Waals surface area contributed by atoms with Crippen LogP contribution >= 0.6 is 12.4 Å². The number of piperidine rings is 2. The molecule has 2 aliphatic heterocycles. The molecule has 0 aromatic rings. The van der Waals surface area contributed by atoms with E-state index < -0.39 is 6.04 Å². The lowest BCUT2D eigenvalue weighted by Gasteiger charge is -2.35. The second-order valence-electron chi connectivity index (χ2n) is 7.48. The second-order valence-corrected chi connectivity index (χ2v) is 7.48. The quantitative estimate of drug-likeness (QED) is 0.820. The fourth-order valence-corrected chi connectivity index (χ4v) is 4.25. The highest BCUT2D eigenvalue weighted by Gasteiger charge is 2.57. The number of carbonyl (C=O) groups excluding carboxylic acids is 2. The zero-order valence-electron chi connectivity index (χ0n) is 14.3. The second kappa shape index (κ2) is 7.39. The van der Waals surface area contributed by atoms with E-state index in [-0.39, 0.29) is 35.6 Å². The van der Waals surface area contributed by atoms with Gasteiger partial charge in [-0.2, -0.15) is 0 Å². The zero-order chi connectivity index (χ0) is 15.7. The highest BCUT2D eigenvalue weighted by atomic mass is 35.5. The Labute approximate surface area is 145 Å². The van der Waals surface area contributed by atoms with Crippen molar-refractivity contribution in [3.8, 4) is 0 Å². The lowest BCUT2D eigenvalue weighted by Crippen LogP contribution is -2.52. The first kappa shape index (κ1) is 18.5. The van der Waals surface area contributed by atoms with Crippen LogP contribution in [0.15, 0.2) is 0 Å². The summed E-state index contributed by atoms with van der Waals surface area (Å²) in [5, 5.41) is 6.33. The lowest BCUT2D eigenvalue weighted by molar-refractivity contribution is -0.139. The molecular formula is C17H30ClN3O2. The van der Waals surface area contributed by atoms with Crippen molar-refractivity contribution >= 4 is 24.2 Å². The third-order valence-corrected chi connectivity index (χ3v) is 5.92. The maximum absolute atomic E-state index is 12.6. The van der Waals surface area contributed by atoms with Crippen molar-refractivity contribution < 1.29 is 9.59 Å². The Kier molecular flexibility index (Phi) is 5.95. The van der Waals surface area contributed by atoms with Crippen LogP contribution in [0.25, 0.3) is 0 Å². The van der Waals surface area contributed by atoms with Gasteiger partial charge in [-0.3, -0.25) is 9.59 Å². The van der Waals surface area contributed by atoms with E-state index in [9.17, 15) is 9.59 Å². The molecule has 2 saturated heterocycles. The van der Waals surface area contributed by atoms with Crippen molar-refractivity contribution in [1.29, 1.82) is 0 Å². The van der Waals surface area contributed by atoms with E-state index in [1.165, 1.54) is 6.42 Å². The molecule has 1 spiro atoms. The number of hydrogen-bond donors (Lipinski definition) is 2. The number of amides is 2. The number of likely N-dealkylation sites (tertiary alicyclic amines) is 1. The van der Waals surface area contributed by atoms with Crippen LogP contribution in [0.3, 0.4) is 0 Å². The van der Waals surface area contributed by atoms with E-state index >= 15 is 0 Å². The van der Waals surface area contributed by atoms with Crippen molar-refractivity contribution in [3.05, 3.63) is 0 Å². The zero-order valence-corrected chi connectivity index (χ0v) is 15.1. The molecule has 0 aromatic carbocycles. The Hall–Kier alpha value is -0.810. The van der Waals surface area contributed by atoms with Crippen LogP contribution < -0.4 is 10.6 Å². The van der Waals surface area contributed by atoms with Gasteiger partial charge >= 0.3 is 0 Å². The molecule has 5 nitrogen and oxygen atoms in total. The van der Waals surface area contributed by atoms with Crippen molar-refractivity contribution in [1.82, 2.24) is 15.5 Å². The van der Waals surface area contributed by atoms with Gasteiger partial charge in [0.05, 0.1) is 0 Å². The maximum atomic E-state index is 12.6. The topological polar surface area (TPSA) is 61.4 Å². The number of nitrogens with zero attached hydrogens (tertiary/aromatic N) is 1. The molecule has 3 rings (SSSR count). The van der Waals surface area contributed by atoms with Gasteiger partial charge in [-0.25, -0.2) is 0 Å². The van der Waals surface area contributed by atoms with Gasteiger partial charge in [-0.05, 0) is 70.9 Å². The van der Waals surface area contributed by atoms with Gasteiger partial charge in [0, 0.05) is 18.5 Å². The SMILES string of the molecule is CC(NC(=O)C1CC12CCNCC2)C(=O)N1CCCCC1C.Cl. The molecule has 2 heterocycles. The third kappa shape index (κ3) is 3.82. The highest BCUT2D eigenvalue weighted by molar-refractivity contribution is 5.90. The minimum Gasteiger partial charge on any atom is -0.344 e. The molecule has 0 radical (unpaired) electrons. The van der Waals surface area contributed by atoms with Crippen LogP contribution in [-0.4, -0.2) is 48.4 Å². The first-order valence-electron chi connectivity index (χ1n) is 8.85. The summed E-state index contributed by atoms with van der Waals surface area (Å²) in [5.74, 6) is 0.302. The van der Waals surface area contributed by atoms with Gasteiger partial charge in [0.25, 0.3) is 0 Å². The Bertz CT molecular complexity index is 451. The average molecular weight is 344 g/mol. The molecule has 2 amide bonds. The summed E-state index contributed by atoms with van der Waals surface area (Å²) in [7, 11) is 0. The predicted octanol–water partition coefficient (Wildman–Crippen LogP) is 1.70. The maximum Gasteiger partial charge on any atom is 0.245 e. The van der Waals surface area contributed by atoms with Crippen molar-refractivity contribution in [2.24, 2.45) is 11.3 Å². The van der Waals surface area contributed by atoms with E-state index in [1.807, 2.05) is 11.8 Å². The van der Waals surface area contributed by atoms with Crippen LogP contribution in [-0.2, 0) is 9.59 Å². The molecule has 3 unspecified atom stereocenters. The van der Waals surface area contributed by atoms with Crippen molar-refractivity contribution in [3.63, 3.8) is 0 Å². The molecule has 23 heavy (non-hydrogen) atoms. The summed E-state index contributed by atoms with van der Waals surface area (Å²) >= 11 is 0. The molecule has 3 fully saturated rings. The van der Waals surface area contributed by atoms with E-state index in [0.717, 1.165) is 51.7 Å². The Morgan fingerprint density at radius 3 is 2.61 bits per heavy atom. The van der Waals surface area contributed by atoms with Gasteiger partial charge in [-0.15, -0.1) is 12.4 Å². The minimum atomic E-state index is -0.396. The summed E-state index contributed by atoms with van der Waals surface area (Å²) in [6.07, 6.45) is 6.54. The monoisotopic (exact) mass is 343 g/mol. The highest BCUT2D eigenvalue weighted by Crippen LogP contribution is 2.58. The van der Waals surface area contributed by atoms with Crippen LogP contribution in [0.1, 0.15) is 52.4 Å². The lowest BCUT2D eigenvalue weighted by atomic mass is 9.91. The van der Waals surface area contributed by atoms with Gasteiger partial charge in [0.15, 0.2) is 0 Å². The van der Waals surface area contributed by atoms with Crippen LogP contribution in [0.5, 0.6) is 0 Å². The number of halogens is 1. The molecule has 3 aliphatic rings. The molecule has 0 bridgehead atoms. The van der Waals surface area contributed by atoms with Gasteiger partial charge in [-0.1, -0.05) is 0 Å². The Morgan fingerprint density at radius 2 is 1.96 bits per heavy atom. The van der Waals surface area contributed by atoms with Crippen molar-refractivity contribution in [2.45, 2.75) is 64.5 Å². The fourth-order valence-electron chi connectivity index (χ4n) is 4.25. The molecule has 6 heteroatoms. The Balaban J connectivity index is 0.00000192. The first-order valence-corrected chi connectivity index (χ1v) is 8.85. The first-order chi connectivity index (χ1) is 10.5. The van der Waals surface area contributed by atoms with Crippen molar-refractivity contribution in [2.75, 3.05) is 19.6 Å². The summed E-state index contributed by atoms with van der Waals surface area (Å²) in [6.45, 7) is 6.81. The summed E-state index contributed by atoms with van der Waals surface area (Å²) in [6, 6.07) is -0.0929. The standard InChI is InChI=1S/C17H29N3O2.ClH/c1-12-5-3-4-10-20(12)16(22)13(2)19-15(21)14-11-17(14)6-8-18-9-7-17;/h12-14,18H,3-11H2,1-2H3,(H,19,21);1H. The van der Waals surface area contributed by atoms with Crippen LogP contribution in [0, 0.1) is 11.3 Å². The average Bonchev–Trinajstić information content (AvgIpc) is 3.21. The molecule has 132 valence electrons.